The van der Waals surface area contributed by atoms with E-state index in [1.807, 2.05) is 0 Å². The number of hydrogen-bond acceptors (Lipinski definition) is 10. The van der Waals surface area contributed by atoms with Gasteiger partial charge in [0.15, 0.2) is 12.4 Å². The largest absolute Gasteiger partial charge is 0.462 e. The molecule has 1 rings (SSSR count). The molecule has 6 atom stereocenters. The molecule has 0 amide bonds. The summed E-state index contributed by atoms with van der Waals surface area (Å²) in [6.45, 7) is 3.13. The van der Waals surface area contributed by atoms with Crippen LogP contribution in [0.2, 0.25) is 0 Å². The number of carbonyl (C=O) groups excluding carboxylic acids is 2. The molecule has 324 valence electrons. The maximum atomic E-state index is 12.8. The van der Waals surface area contributed by atoms with E-state index in [-0.39, 0.29) is 26.1 Å². The summed E-state index contributed by atoms with van der Waals surface area (Å²) < 4.78 is 22.1. The Balaban J connectivity index is 2.39. The van der Waals surface area contributed by atoms with Crippen molar-refractivity contribution in [3.05, 3.63) is 85.1 Å². The van der Waals surface area contributed by atoms with Gasteiger partial charge in [-0.15, -0.1) is 0 Å². The normalized spacial score (nSPS) is 21.1. The summed E-state index contributed by atoms with van der Waals surface area (Å²) in [5, 5.41) is 40.0. The van der Waals surface area contributed by atoms with Crippen molar-refractivity contribution in [1.82, 2.24) is 0 Å². The molecular formula is C47H76O10. The molecule has 4 N–H and O–H groups in total. The van der Waals surface area contributed by atoms with E-state index in [1.54, 1.807) is 0 Å². The summed E-state index contributed by atoms with van der Waals surface area (Å²) in [4.78, 5) is 25.3. The second-order valence-electron chi connectivity index (χ2n) is 14.4. The summed E-state index contributed by atoms with van der Waals surface area (Å²) in [5.74, 6) is -0.864. The summed E-state index contributed by atoms with van der Waals surface area (Å²) >= 11 is 0. The summed E-state index contributed by atoms with van der Waals surface area (Å²) in [7, 11) is 0. The van der Waals surface area contributed by atoms with Crippen LogP contribution in [0.25, 0.3) is 0 Å². The Morgan fingerprint density at radius 2 is 0.982 bits per heavy atom. The third kappa shape index (κ3) is 28.9. The Morgan fingerprint density at radius 3 is 1.47 bits per heavy atom. The monoisotopic (exact) mass is 801 g/mol. The maximum absolute atomic E-state index is 12.8. The zero-order chi connectivity index (χ0) is 41.6. The zero-order valence-corrected chi connectivity index (χ0v) is 35.0. The van der Waals surface area contributed by atoms with E-state index in [4.69, 9.17) is 18.9 Å². The van der Waals surface area contributed by atoms with Gasteiger partial charge in [0.25, 0.3) is 0 Å². The van der Waals surface area contributed by atoms with Crippen molar-refractivity contribution in [2.75, 3.05) is 19.8 Å². The van der Waals surface area contributed by atoms with Crippen LogP contribution in [-0.2, 0) is 28.5 Å². The van der Waals surface area contributed by atoms with Crippen LogP contribution in [0.1, 0.15) is 142 Å². The van der Waals surface area contributed by atoms with Crippen molar-refractivity contribution < 1.29 is 49.0 Å². The molecule has 0 aliphatic carbocycles. The average Bonchev–Trinajstić information content (AvgIpc) is 3.21. The third-order valence-electron chi connectivity index (χ3n) is 9.28. The van der Waals surface area contributed by atoms with E-state index in [2.05, 4.69) is 98.9 Å². The average molecular weight is 801 g/mol. The van der Waals surface area contributed by atoms with Gasteiger partial charge in [0, 0.05) is 12.8 Å². The Morgan fingerprint density at radius 1 is 0.544 bits per heavy atom. The number of unbranched alkanes of at least 4 members (excludes halogenated alkanes) is 9. The highest BCUT2D eigenvalue weighted by Gasteiger charge is 2.44. The molecule has 10 nitrogen and oxygen atoms in total. The molecule has 1 fully saturated rings. The molecule has 0 saturated carbocycles. The topological polar surface area (TPSA) is 152 Å². The van der Waals surface area contributed by atoms with Crippen LogP contribution >= 0.6 is 0 Å². The van der Waals surface area contributed by atoms with E-state index >= 15 is 0 Å². The van der Waals surface area contributed by atoms with E-state index in [9.17, 15) is 30.0 Å². The van der Waals surface area contributed by atoms with Gasteiger partial charge in [-0.25, -0.2) is 0 Å². The first kappa shape index (κ1) is 51.9. The van der Waals surface area contributed by atoms with Gasteiger partial charge in [0.2, 0.25) is 0 Å². The number of esters is 2. The number of aliphatic hydroxyl groups is 4. The van der Waals surface area contributed by atoms with Crippen LogP contribution in [0.15, 0.2) is 85.1 Å². The van der Waals surface area contributed by atoms with Gasteiger partial charge in [0.05, 0.1) is 13.2 Å². The summed E-state index contributed by atoms with van der Waals surface area (Å²) in [6, 6.07) is 0. The van der Waals surface area contributed by atoms with Crippen LogP contribution in [0, 0.1) is 0 Å². The first-order valence-electron chi connectivity index (χ1n) is 21.7. The molecule has 0 aromatic heterocycles. The predicted molar refractivity (Wildman–Crippen MR) is 228 cm³/mol. The fourth-order valence-corrected chi connectivity index (χ4v) is 5.90. The predicted octanol–water partition coefficient (Wildman–Crippen LogP) is 8.99. The van der Waals surface area contributed by atoms with Crippen molar-refractivity contribution in [1.29, 1.82) is 0 Å². The molecule has 1 heterocycles. The minimum atomic E-state index is -1.61. The van der Waals surface area contributed by atoms with E-state index in [1.165, 1.54) is 0 Å². The second kappa shape index (κ2) is 37.2. The molecular weight excluding hydrogens is 725 g/mol. The van der Waals surface area contributed by atoms with Gasteiger partial charge in [-0.2, -0.15) is 0 Å². The maximum Gasteiger partial charge on any atom is 0.306 e. The standard InChI is InChI=1S/C47H76O10/c1-3-5-7-9-11-13-15-17-19-20-22-24-26-28-30-32-34-36-43(50)56-40(39-55-47-46(53)45(52)44(51)41(37-48)57-47)38-54-42(49)35-33-31-29-27-25-23-21-18-16-14-12-10-8-6-4-2/h5-8,11-14,17-19,21-22,24,40-41,44-48,51-53H,3-4,9-10,15-16,20,23,25-39H2,1-2H3/b7-5-,8-6-,13-11-,14-12-,19-17-,21-18-,24-22-. The molecule has 1 aliphatic heterocycles. The molecule has 0 spiro atoms. The third-order valence-corrected chi connectivity index (χ3v) is 9.28. The molecule has 1 aliphatic rings. The van der Waals surface area contributed by atoms with Gasteiger partial charge in [-0.05, 0) is 83.5 Å². The van der Waals surface area contributed by atoms with Crippen molar-refractivity contribution in [2.24, 2.45) is 0 Å². The SMILES string of the molecule is CC/C=C\C/C=C\C/C=C\C/C=C\CCCCCCC(=O)OC(COC(=O)CCCCCCC/C=C\C/C=C\C/C=C\CC)COC1OC(CO)C(O)C(O)C1O. The van der Waals surface area contributed by atoms with Crippen molar-refractivity contribution in [2.45, 2.75) is 179 Å². The number of hydrogen-bond donors (Lipinski definition) is 4. The van der Waals surface area contributed by atoms with E-state index < -0.39 is 55.4 Å². The van der Waals surface area contributed by atoms with Crippen LogP contribution in [0.5, 0.6) is 0 Å². The highest BCUT2D eigenvalue weighted by Crippen LogP contribution is 2.22. The van der Waals surface area contributed by atoms with Crippen LogP contribution in [-0.4, -0.2) is 89.0 Å². The smallest absolute Gasteiger partial charge is 0.306 e. The molecule has 0 aromatic rings. The number of rotatable bonds is 34. The lowest BCUT2D eigenvalue weighted by Gasteiger charge is -2.39. The number of aliphatic hydroxyl groups excluding tert-OH is 4. The Kier molecular flexibility index (Phi) is 33.8. The lowest BCUT2D eigenvalue weighted by atomic mass is 9.99. The van der Waals surface area contributed by atoms with Crippen LogP contribution in [0.3, 0.4) is 0 Å². The van der Waals surface area contributed by atoms with Gasteiger partial charge in [-0.3, -0.25) is 9.59 Å². The molecule has 0 radical (unpaired) electrons. The molecule has 0 aromatic carbocycles. The molecule has 1 saturated heterocycles. The molecule has 0 bridgehead atoms. The van der Waals surface area contributed by atoms with Crippen LogP contribution in [0.4, 0.5) is 0 Å². The fraction of sp³-hybridized carbons (Fsp3) is 0.660. The van der Waals surface area contributed by atoms with Gasteiger partial charge < -0.3 is 39.4 Å². The summed E-state index contributed by atoms with van der Waals surface area (Å²) in [5.41, 5.74) is 0. The minimum absolute atomic E-state index is 0.193. The van der Waals surface area contributed by atoms with E-state index in [0.717, 1.165) is 103 Å². The van der Waals surface area contributed by atoms with Crippen molar-refractivity contribution in [3.63, 3.8) is 0 Å². The van der Waals surface area contributed by atoms with Gasteiger partial charge in [-0.1, -0.05) is 131 Å². The van der Waals surface area contributed by atoms with Crippen LogP contribution < -0.4 is 0 Å². The van der Waals surface area contributed by atoms with E-state index in [0.29, 0.717) is 12.8 Å². The number of carbonyl (C=O) groups is 2. The highest BCUT2D eigenvalue weighted by atomic mass is 16.7. The van der Waals surface area contributed by atoms with Gasteiger partial charge in [0.1, 0.15) is 31.0 Å². The first-order valence-corrected chi connectivity index (χ1v) is 21.7. The molecule has 6 unspecified atom stereocenters. The molecule has 57 heavy (non-hydrogen) atoms. The Labute approximate surface area is 344 Å². The lowest BCUT2D eigenvalue weighted by molar-refractivity contribution is -0.305. The second-order valence-corrected chi connectivity index (χ2v) is 14.4. The first-order chi connectivity index (χ1) is 27.8. The Hall–Kier alpha value is -3.12. The fourth-order valence-electron chi connectivity index (χ4n) is 5.90. The molecule has 10 heteroatoms. The van der Waals surface area contributed by atoms with Gasteiger partial charge >= 0.3 is 11.9 Å². The quantitative estimate of drug-likeness (QED) is 0.0282. The highest BCUT2D eigenvalue weighted by molar-refractivity contribution is 5.70. The number of allylic oxidation sites excluding steroid dienone is 14. The summed E-state index contributed by atoms with van der Waals surface area (Å²) in [6.07, 6.45) is 40.1. The lowest BCUT2D eigenvalue weighted by Crippen LogP contribution is -2.59. The van der Waals surface area contributed by atoms with Crippen molar-refractivity contribution >= 4 is 11.9 Å². The van der Waals surface area contributed by atoms with Crippen molar-refractivity contribution in [3.8, 4) is 0 Å². The minimum Gasteiger partial charge on any atom is -0.462 e. The zero-order valence-electron chi connectivity index (χ0n) is 35.0. The number of ether oxygens (including phenoxy) is 4. The Bertz CT molecular complexity index is 1200.